The van der Waals surface area contributed by atoms with Gasteiger partial charge in [-0.2, -0.15) is 5.10 Å². The van der Waals surface area contributed by atoms with Gasteiger partial charge in [-0.05, 0) is 17.7 Å². The molecule has 0 aliphatic carbocycles. The normalized spacial score (nSPS) is 10.4. The number of benzene rings is 1. The highest BCUT2D eigenvalue weighted by Crippen LogP contribution is 2.17. The summed E-state index contributed by atoms with van der Waals surface area (Å²) in [5, 5.41) is 25.7. The van der Waals surface area contributed by atoms with Crippen LogP contribution in [0.5, 0.6) is 0 Å². The Morgan fingerprint density at radius 1 is 1.21 bits per heavy atom. The molecule has 0 saturated carbocycles. The molecular weight excluding hydrogens is 272 g/mol. The Bertz CT molecular complexity index is 651. The van der Waals surface area contributed by atoms with Crippen LogP contribution in [0.2, 0.25) is 5.02 Å². The summed E-state index contributed by atoms with van der Waals surface area (Å²) in [6.07, 6.45) is 0. The fourth-order valence-corrected chi connectivity index (χ4v) is 1.78. The zero-order valence-electron chi connectivity index (χ0n) is 9.50. The van der Waals surface area contributed by atoms with Gasteiger partial charge in [0.05, 0.1) is 24.2 Å². The first-order valence-corrected chi connectivity index (χ1v) is 5.61. The first-order valence-electron chi connectivity index (χ1n) is 5.23. The first-order chi connectivity index (χ1) is 8.99. The van der Waals surface area contributed by atoms with E-state index in [1.165, 1.54) is 0 Å². The number of hydrogen-bond acceptors (Lipinski definition) is 5. The van der Waals surface area contributed by atoms with Crippen molar-refractivity contribution >= 4 is 23.5 Å². The number of carboxylic acids is 2. The Kier molecular flexibility index (Phi) is 3.52. The molecule has 1 heterocycles. The monoisotopic (exact) mass is 278 g/mol. The zero-order chi connectivity index (χ0) is 14.0. The highest BCUT2D eigenvalue weighted by molar-refractivity contribution is 6.31. The lowest BCUT2D eigenvalue weighted by molar-refractivity contribution is -0.256. The molecule has 0 bridgehead atoms. The minimum absolute atomic E-state index is 0.0241. The van der Waals surface area contributed by atoms with Crippen molar-refractivity contribution in [2.45, 2.75) is 6.54 Å². The lowest BCUT2D eigenvalue weighted by Crippen LogP contribution is -2.26. The van der Waals surface area contributed by atoms with E-state index in [2.05, 4.69) is 5.10 Å². The molecule has 7 heteroatoms. The fraction of sp³-hybridized carbons (Fsp3) is 0.0833. The lowest BCUT2D eigenvalue weighted by Gasteiger charge is -2.09. The molecule has 1 aromatic heterocycles. The van der Waals surface area contributed by atoms with Crippen LogP contribution in [-0.2, 0) is 6.54 Å². The van der Waals surface area contributed by atoms with Crippen molar-refractivity contribution in [2.24, 2.45) is 0 Å². The minimum atomic E-state index is -1.56. The Labute approximate surface area is 112 Å². The van der Waals surface area contributed by atoms with Crippen molar-refractivity contribution in [3.8, 4) is 0 Å². The summed E-state index contributed by atoms with van der Waals surface area (Å²) in [4.78, 5) is 21.6. The van der Waals surface area contributed by atoms with Crippen molar-refractivity contribution in [2.75, 3.05) is 0 Å². The van der Waals surface area contributed by atoms with E-state index in [1.54, 1.807) is 24.3 Å². The molecule has 0 unspecified atom stereocenters. The second-order valence-electron chi connectivity index (χ2n) is 3.74. The van der Waals surface area contributed by atoms with E-state index in [4.69, 9.17) is 11.6 Å². The number of nitrogens with zero attached hydrogens (tertiary/aromatic N) is 2. The predicted octanol–water partition coefficient (Wildman–Crippen LogP) is -0.688. The SMILES string of the molecule is O=C([O-])c1cc(C(=O)[O-])n(Cc2ccccc2Cl)n1. The molecule has 0 atom stereocenters. The maximum Gasteiger partial charge on any atom is 0.108 e. The van der Waals surface area contributed by atoms with Gasteiger partial charge < -0.3 is 19.8 Å². The van der Waals surface area contributed by atoms with Gasteiger partial charge in [-0.1, -0.05) is 29.8 Å². The molecule has 19 heavy (non-hydrogen) atoms. The smallest absolute Gasteiger partial charge is 0.108 e. The fourth-order valence-electron chi connectivity index (χ4n) is 1.59. The molecular formula is C12H7ClN2O4-2. The number of carboxylic acid groups (broad SMARTS) is 2. The van der Waals surface area contributed by atoms with Gasteiger partial charge in [-0.15, -0.1) is 0 Å². The molecule has 0 N–H and O–H groups in total. The molecule has 2 rings (SSSR count). The van der Waals surface area contributed by atoms with E-state index in [-0.39, 0.29) is 12.2 Å². The van der Waals surface area contributed by atoms with Gasteiger partial charge in [0.1, 0.15) is 5.69 Å². The average Bonchev–Trinajstić information content (AvgIpc) is 2.76. The molecule has 0 radical (unpaired) electrons. The summed E-state index contributed by atoms with van der Waals surface area (Å²) in [6, 6.07) is 7.66. The number of aromatic nitrogens is 2. The van der Waals surface area contributed by atoms with Gasteiger partial charge in [-0.25, -0.2) is 0 Å². The van der Waals surface area contributed by atoms with E-state index < -0.39 is 17.6 Å². The van der Waals surface area contributed by atoms with Gasteiger partial charge in [-0.3, -0.25) is 4.68 Å². The third kappa shape index (κ3) is 2.74. The van der Waals surface area contributed by atoms with Crippen molar-refractivity contribution in [1.82, 2.24) is 9.78 Å². The van der Waals surface area contributed by atoms with E-state index in [1.807, 2.05) is 0 Å². The summed E-state index contributed by atoms with van der Waals surface area (Å²) in [6.45, 7) is 0.0241. The van der Waals surface area contributed by atoms with Gasteiger partial charge >= 0.3 is 0 Å². The second-order valence-corrected chi connectivity index (χ2v) is 4.15. The van der Waals surface area contributed by atoms with E-state index in [0.717, 1.165) is 10.7 Å². The van der Waals surface area contributed by atoms with Crippen LogP contribution in [-0.4, -0.2) is 21.7 Å². The molecule has 0 spiro atoms. The predicted molar refractivity (Wildman–Crippen MR) is 61.4 cm³/mol. The summed E-state index contributed by atoms with van der Waals surface area (Å²) >= 11 is 5.94. The molecule has 0 aliphatic rings. The number of rotatable bonds is 4. The third-order valence-electron chi connectivity index (χ3n) is 2.48. The molecule has 1 aromatic carbocycles. The first kappa shape index (κ1) is 13.1. The maximum absolute atomic E-state index is 10.9. The van der Waals surface area contributed by atoms with Crippen LogP contribution >= 0.6 is 11.6 Å². The van der Waals surface area contributed by atoms with Gasteiger partial charge in [0.25, 0.3) is 0 Å². The number of halogens is 1. The summed E-state index contributed by atoms with van der Waals surface area (Å²) in [5.74, 6) is -3.08. The second kappa shape index (κ2) is 5.11. The van der Waals surface area contributed by atoms with Gasteiger partial charge in [0, 0.05) is 5.02 Å². The quantitative estimate of drug-likeness (QED) is 0.737. The highest BCUT2D eigenvalue weighted by atomic mass is 35.5. The van der Waals surface area contributed by atoms with Crippen molar-refractivity contribution in [1.29, 1.82) is 0 Å². The zero-order valence-corrected chi connectivity index (χ0v) is 10.3. The third-order valence-corrected chi connectivity index (χ3v) is 2.84. The minimum Gasteiger partial charge on any atom is -0.543 e. The maximum atomic E-state index is 10.9. The Morgan fingerprint density at radius 2 is 1.89 bits per heavy atom. The topological polar surface area (TPSA) is 98.1 Å². The Hall–Kier alpha value is -2.34. The van der Waals surface area contributed by atoms with Crippen molar-refractivity contribution < 1.29 is 19.8 Å². The summed E-state index contributed by atoms with van der Waals surface area (Å²) < 4.78 is 1.00. The van der Waals surface area contributed by atoms with Gasteiger partial charge in [0.2, 0.25) is 0 Å². The number of aromatic carboxylic acids is 2. The number of carbonyl (C=O) groups is 2. The van der Waals surface area contributed by atoms with Crippen LogP contribution in [0.1, 0.15) is 26.5 Å². The van der Waals surface area contributed by atoms with Crippen molar-refractivity contribution in [3.05, 3.63) is 52.3 Å². The Balaban J connectivity index is 2.42. The lowest BCUT2D eigenvalue weighted by atomic mass is 10.2. The van der Waals surface area contributed by atoms with E-state index in [9.17, 15) is 19.8 Å². The van der Waals surface area contributed by atoms with Crippen LogP contribution in [0, 0.1) is 0 Å². The molecule has 0 aliphatic heterocycles. The van der Waals surface area contributed by atoms with Crippen LogP contribution in [0.4, 0.5) is 0 Å². The van der Waals surface area contributed by atoms with E-state index >= 15 is 0 Å². The summed E-state index contributed by atoms with van der Waals surface area (Å²) in [7, 11) is 0. The standard InChI is InChI=1S/C12H9ClN2O4/c13-8-4-2-1-3-7(8)6-15-10(12(18)19)5-9(14-15)11(16)17/h1-5H,6H2,(H,16,17)(H,18,19)/p-2. The number of carbonyl (C=O) groups excluding carboxylic acids is 2. The molecule has 98 valence electrons. The molecule has 0 fully saturated rings. The number of hydrogen-bond donors (Lipinski definition) is 0. The van der Waals surface area contributed by atoms with Crippen LogP contribution in [0.25, 0.3) is 0 Å². The molecule has 2 aromatic rings. The molecule has 0 amide bonds. The average molecular weight is 279 g/mol. The van der Waals surface area contributed by atoms with Gasteiger partial charge in [0.15, 0.2) is 0 Å². The largest absolute Gasteiger partial charge is 0.543 e. The van der Waals surface area contributed by atoms with Crippen molar-refractivity contribution in [3.63, 3.8) is 0 Å². The van der Waals surface area contributed by atoms with Crippen LogP contribution in [0.15, 0.2) is 30.3 Å². The van der Waals surface area contributed by atoms with E-state index in [0.29, 0.717) is 10.6 Å². The highest BCUT2D eigenvalue weighted by Gasteiger charge is 2.11. The van der Waals surface area contributed by atoms with Crippen LogP contribution in [0.3, 0.4) is 0 Å². The van der Waals surface area contributed by atoms with Crippen LogP contribution < -0.4 is 10.2 Å². The summed E-state index contributed by atoms with van der Waals surface area (Å²) in [5.41, 5.74) is -0.204. The molecule has 0 saturated heterocycles. The Morgan fingerprint density at radius 3 is 2.47 bits per heavy atom. The molecule has 6 nitrogen and oxygen atoms in total.